The minimum atomic E-state index is -1.03. The average molecular weight is 589 g/mol. The zero-order chi connectivity index (χ0) is 29.1. The Labute approximate surface area is 239 Å². The number of hydrogen-bond acceptors (Lipinski definition) is 9. The SMILES string of the molecule is NC(=O)[C@H]1CSSC[C@H](NC(=O)[C@@H](N)Cc2ccc(O)cc2)C(=O)NCC(=O)N[C@H](Cc2ccccc2)C(=O)N1. The summed E-state index contributed by atoms with van der Waals surface area (Å²) in [5.74, 6) is -2.87. The maximum Gasteiger partial charge on any atom is 0.243 e. The number of hydrogen-bond donors (Lipinski definition) is 7. The zero-order valence-corrected chi connectivity index (χ0v) is 23.1. The van der Waals surface area contributed by atoms with E-state index in [9.17, 15) is 29.1 Å². The van der Waals surface area contributed by atoms with E-state index in [4.69, 9.17) is 11.5 Å². The van der Waals surface area contributed by atoms with E-state index in [2.05, 4.69) is 21.3 Å². The molecule has 9 N–H and O–H groups in total. The van der Waals surface area contributed by atoms with Crippen molar-refractivity contribution in [1.29, 1.82) is 0 Å². The first-order valence-corrected chi connectivity index (χ1v) is 14.9. The molecule has 40 heavy (non-hydrogen) atoms. The van der Waals surface area contributed by atoms with Crippen LogP contribution in [0.5, 0.6) is 5.75 Å². The number of phenolic OH excluding ortho intramolecular Hbond substituents is 1. The van der Waals surface area contributed by atoms with E-state index in [1.165, 1.54) is 33.7 Å². The van der Waals surface area contributed by atoms with Crippen LogP contribution >= 0.6 is 21.6 Å². The van der Waals surface area contributed by atoms with E-state index in [-0.39, 0.29) is 30.1 Å². The third kappa shape index (κ3) is 9.77. The van der Waals surface area contributed by atoms with Crippen LogP contribution in [0.2, 0.25) is 0 Å². The van der Waals surface area contributed by atoms with Crippen LogP contribution in [0.15, 0.2) is 54.6 Å². The second kappa shape index (κ2) is 15.1. The second-order valence-corrected chi connectivity index (χ2v) is 11.7. The van der Waals surface area contributed by atoms with E-state index in [1.54, 1.807) is 36.4 Å². The van der Waals surface area contributed by atoms with Gasteiger partial charge in [0.25, 0.3) is 0 Å². The number of amides is 5. The normalized spacial score (nSPS) is 21.6. The van der Waals surface area contributed by atoms with Gasteiger partial charge in [0.1, 0.15) is 23.9 Å². The fraction of sp³-hybridized carbons (Fsp3) is 0.346. The van der Waals surface area contributed by atoms with Gasteiger partial charge in [-0.2, -0.15) is 0 Å². The molecule has 5 amide bonds. The van der Waals surface area contributed by atoms with Gasteiger partial charge in [-0.3, -0.25) is 24.0 Å². The van der Waals surface area contributed by atoms with Gasteiger partial charge in [0.05, 0.1) is 12.6 Å². The summed E-state index contributed by atoms with van der Waals surface area (Å²) in [6.07, 6.45) is 0.324. The molecule has 3 rings (SSSR count). The molecule has 0 aliphatic carbocycles. The van der Waals surface area contributed by atoms with Crippen LogP contribution in [0.4, 0.5) is 0 Å². The molecule has 0 saturated carbocycles. The van der Waals surface area contributed by atoms with Crippen molar-refractivity contribution in [1.82, 2.24) is 21.3 Å². The maximum atomic E-state index is 13.0. The summed E-state index contributed by atoms with van der Waals surface area (Å²) in [4.78, 5) is 63.4. The summed E-state index contributed by atoms with van der Waals surface area (Å²) in [5.41, 5.74) is 13.1. The van der Waals surface area contributed by atoms with Gasteiger partial charge in [-0.25, -0.2) is 0 Å². The van der Waals surface area contributed by atoms with E-state index in [1.807, 2.05) is 6.07 Å². The molecule has 0 radical (unpaired) electrons. The Bertz CT molecular complexity index is 1200. The predicted octanol–water partition coefficient (Wildman–Crippen LogP) is -1.04. The van der Waals surface area contributed by atoms with Gasteiger partial charge < -0.3 is 37.8 Å². The Morgan fingerprint density at radius 3 is 2.30 bits per heavy atom. The van der Waals surface area contributed by atoms with Crippen LogP contribution in [-0.4, -0.2) is 76.9 Å². The maximum absolute atomic E-state index is 13.0. The third-order valence-electron chi connectivity index (χ3n) is 5.93. The van der Waals surface area contributed by atoms with Crippen LogP contribution < -0.4 is 32.7 Å². The standard InChI is InChI=1S/C26H32N6O6S2/c27-18(10-16-6-8-17(33)9-7-16)24(36)32-21-14-40-39-13-20(23(28)35)31-26(38)19(11-15-4-2-1-3-5-15)30-22(34)12-29-25(21)37/h1-9,18-21,33H,10-14,27H2,(H2,28,35)(H,29,37)(H,30,34)(H,31,38)(H,32,36)/t18-,19+,20+,21-/m0/s1. The zero-order valence-electron chi connectivity index (χ0n) is 21.5. The molecule has 14 heteroatoms. The molecular formula is C26H32N6O6S2. The van der Waals surface area contributed by atoms with Crippen molar-refractivity contribution in [3.05, 3.63) is 65.7 Å². The molecule has 1 heterocycles. The molecule has 1 saturated heterocycles. The molecule has 1 fully saturated rings. The number of aromatic hydroxyl groups is 1. The second-order valence-electron chi connectivity index (χ2n) is 9.10. The molecule has 0 bridgehead atoms. The molecule has 214 valence electrons. The smallest absolute Gasteiger partial charge is 0.243 e. The van der Waals surface area contributed by atoms with Crippen molar-refractivity contribution in [2.75, 3.05) is 18.1 Å². The van der Waals surface area contributed by atoms with Crippen LogP contribution in [0.3, 0.4) is 0 Å². The van der Waals surface area contributed by atoms with Crippen LogP contribution in [0, 0.1) is 0 Å². The summed E-state index contributed by atoms with van der Waals surface area (Å²) >= 11 is 0. The molecule has 0 aromatic heterocycles. The molecule has 1 aliphatic heterocycles. The molecule has 2 aromatic carbocycles. The number of phenols is 1. The van der Waals surface area contributed by atoms with Gasteiger partial charge in [0.15, 0.2) is 0 Å². The molecule has 1 aliphatic rings. The van der Waals surface area contributed by atoms with Gasteiger partial charge >= 0.3 is 0 Å². The van der Waals surface area contributed by atoms with Crippen molar-refractivity contribution in [3.63, 3.8) is 0 Å². The van der Waals surface area contributed by atoms with Crippen LogP contribution in [-0.2, 0) is 36.8 Å². The van der Waals surface area contributed by atoms with Crippen molar-refractivity contribution >= 4 is 51.1 Å². The molecule has 4 atom stereocenters. The quantitative estimate of drug-likeness (QED) is 0.197. The lowest BCUT2D eigenvalue weighted by molar-refractivity contribution is -0.132. The summed E-state index contributed by atoms with van der Waals surface area (Å²) in [6.45, 7) is -0.444. The predicted molar refractivity (Wildman–Crippen MR) is 153 cm³/mol. The fourth-order valence-electron chi connectivity index (χ4n) is 3.73. The summed E-state index contributed by atoms with van der Waals surface area (Å²) in [5, 5.41) is 19.8. The number of carbonyl (C=O) groups is 5. The molecule has 2 aromatic rings. The van der Waals surface area contributed by atoms with Crippen molar-refractivity contribution in [2.45, 2.75) is 37.0 Å². The average Bonchev–Trinajstić information content (AvgIpc) is 2.93. The number of nitrogens with one attached hydrogen (secondary N) is 4. The Morgan fingerprint density at radius 1 is 0.950 bits per heavy atom. The van der Waals surface area contributed by atoms with Gasteiger partial charge in [-0.05, 0) is 29.7 Å². The molecule has 0 unspecified atom stereocenters. The Hall–Kier alpha value is -3.75. The summed E-state index contributed by atoms with van der Waals surface area (Å²) in [6, 6.07) is 11.2. The number of benzene rings is 2. The highest BCUT2D eigenvalue weighted by atomic mass is 33.1. The fourth-order valence-corrected chi connectivity index (χ4v) is 6.08. The summed E-state index contributed by atoms with van der Waals surface area (Å²) < 4.78 is 0. The van der Waals surface area contributed by atoms with Gasteiger partial charge in [0, 0.05) is 17.9 Å². The van der Waals surface area contributed by atoms with Gasteiger partial charge in [-0.1, -0.05) is 64.1 Å². The lowest BCUT2D eigenvalue weighted by Crippen LogP contribution is -2.57. The van der Waals surface area contributed by atoms with E-state index in [0.29, 0.717) is 0 Å². The lowest BCUT2D eigenvalue weighted by Gasteiger charge is -2.24. The molecule has 12 nitrogen and oxygen atoms in total. The monoisotopic (exact) mass is 588 g/mol. The summed E-state index contributed by atoms with van der Waals surface area (Å²) in [7, 11) is 2.39. The van der Waals surface area contributed by atoms with Crippen LogP contribution in [0.1, 0.15) is 11.1 Å². The first kappa shape index (κ1) is 30.8. The third-order valence-corrected chi connectivity index (χ3v) is 8.35. The largest absolute Gasteiger partial charge is 0.508 e. The highest BCUT2D eigenvalue weighted by molar-refractivity contribution is 8.76. The van der Waals surface area contributed by atoms with Crippen molar-refractivity contribution < 1.29 is 29.1 Å². The van der Waals surface area contributed by atoms with E-state index < -0.39 is 60.2 Å². The topological polar surface area (TPSA) is 206 Å². The number of carbonyl (C=O) groups excluding carboxylic acids is 5. The number of primary amides is 1. The van der Waals surface area contributed by atoms with Crippen LogP contribution in [0.25, 0.3) is 0 Å². The minimum Gasteiger partial charge on any atom is -0.508 e. The molecular weight excluding hydrogens is 556 g/mol. The van der Waals surface area contributed by atoms with E-state index >= 15 is 0 Å². The number of nitrogens with two attached hydrogens (primary N) is 2. The Morgan fingerprint density at radius 2 is 1.62 bits per heavy atom. The molecule has 0 spiro atoms. The Balaban J connectivity index is 1.70. The van der Waals surface area contributed by atoms with Gasteiger partial charge in [-0.15, -0.1) is 0 Å². The van der Waals surface area contributed by atoms with Crippen molar-refractivity contribution in [2.24, 2.45) is 11.5 Å². The van der Waals surface area contributed by atoms with E-state index in [0.717, 1.165) is 11.1 Å². The first-order chi connectivity index (χ1) is 19.1. The number of rotatable bonds is 7. The highest BCUT2D eigenvalue weighted by Gasteiger charge is 2.29. The minimum absolute atomic E-state index is 0.0845. The Kier molecular flexibility index (Phi) is 11.7. The highest BCUT2D eigenvalue weighted by Crippen LogP contribution is 2.23. The van der Waals surface area contributed by atoms with Crippen molar-refractivity contribution in [3.8, 4) is 5.75 Å². The first-order valence-electron chi connectivity index (χ1n) is 12.4. The van der Waals surface area contributed by atoms with Gasteiger partial charge in [0.2, 0.25) is 29.5 Å². The lowest BCUT2D eigenvalue weighted by atomic mass is 10.0.